The van der Waals surface area contributed by atoms with Crippen molar-refractivity contribution >= 4 is 24.0 Å². The lowest BCUT2D eigenvalue weighted by molar-refractivity contribution is 0.383. The first-order valence-corrected chi connectivity index (χ1v) is 6.20. The number of piperidine rings is 1. The maximum Gasteiger partial charge on any atom is 0.0406 e. The molecule has 1 unspecified atom stereocenters. The fourth-order valence-corrected chi connectivity index (χ4v) is 2.29. The average molecular weight is 260 g/mol. The summed E-state index contributed by atoms with van der Waals surface area (Å²) in [5.41, 5.74) is 1.40. The lowest BCUT2D eigenvalue weighted by Gasteiger charge is -2.23. The normalized spacial score (nSPS) is 20.2. The number of hydrogen-bond acceptors (Lipinski definition) is 1. The smallest absolute Gasteiger partial charge is 0.0406 e. The Bertz CT molecular complexity index is 291. The van der Waals surface area contributed by atoms with Crippen molar-refractivity contribution in [2.45, 2.75) is 38.1 Å². The number of benzene rings is 1. The van der Waals surface area contributed by atoms with Crippen LogP contribution in [0, 0.1) is 0 Å². The number of nitrogens with one attached hydrogen (secondary N) is 1. The summed E-state index contributed by atoms with van der Waals surface area (Å²) in [5, 5.41) is 4.40. The van der Waals surface area contributed by atoms with Crippen LogP contribution in [0.1, 0.15) is 31.2 Å². The van der Waals surface area contributed by atoms with Crippen molar-refractivity contribution in [1.82, 2.24) is 5.32 Å². The minimum absolute atomic E-state index is 0. The highest BCUT2D eigenvalue weighted by molar-refractivity contribution is 6.30. The number of halogens is 2. The van der Waals surface area contributed by atoms with Crippen molar-refractivity contribution in [3.63, 3.8) is 0 Å². The summed E-state index contributed by atoms with van der Waals surface area (Å²) < 4.78 is 0. The van der Waals surface area contributed by atoms with Crippen molar-refractivity contribution < 1.29 is 0 Å². The first-order valence-electron chi connectivity index (χ1n) is 5.82. The van der Waals surface area contributed by atoms with Crippen LogP contribution < -0.4 is 5.32 Å². The molecule has 1 fully saturated rings. The van der Waals surface area contributed by atoms with E-state index in [1.54, 1.807) is 0 Å². The third-order valence-electron chi connectivity index (χ3n) is 3.11. The maximum atomic E-state index is 5.85. The standard InChI is InChI=1S/C13H18ClN.ClH/c14-12-7-4-11(5-8-12)6-9-13-3-1-2-10-15-13;/h4-5,7-8,13,15H,1-3,6,9-10H2;1H. The summed E-state index contributed by atoms with van der Waals surface area (Å²) >= 11 is 5.85. The molecular weight excluding hydrogens is 241 g/mol. The quantitative estimate of drug-likeness (QED) is 0.870. The molecule has 16 heavy (non-hydrogen) atoms. The van der Waals surface area contributed by atoms with Crippen molar-refractivity contribution in [2.24, 2.45) is 0 Å². The van der Waals surface area contributed by atoms with Crippen LogP contribution in [0.15, 0.2) is 24.3 Å². The van der Waals surface area contributed by atoms with Gasteiger partial charge >= 0.3 is 0 Å². The number of rotatable bonds is 3. The zero-order chi connectivity index (χ0) is 10.5. The van der Waals surface area contributed by atoms with Gasteiger partial charge in [0.05, 0.1) is 0 Å². The Hall–Kier alpha value is -0.240. The van der Waals surface area contributed by atoms with Gasteiger partial charge in [0.25, 0.3) is 0 Å². The molecule has 1 aliphatic heterocycles. The number of hydrogen-bond donors (Lipinski definition) is 1. The van der Waals surface area contributed by atoms with E-state index in [1.807, 2.05) is 12.1 Å². The lowest BCUT2D eigenvalue weighted by atomic mass is 9.98. The Morgan fingerprint density at radius 3 is 2.56 bits per heavy atom. The van der Waals surface area contributed by atoms with E-state index in [0.717, 1.165) is 17.5 Å². The lowest BCUT2D eigenvalue weighted by Crippen LogP contribution is -2.34. The second-order valence-corrected chi connectivity index (χ2v) is 4.75. The van der Waals surface area contributed by atoms with Crippen molar-refractivity contribution in [1.29, 1.82) is 0 Å². The molecule has 0 spiro atoms. The first kappa shape index (κ1) is 13.8. The van der Waals surface area contributed by atoms with Crippen LogP contribution >= 0.6 is 24.0 Å². The Balaban J connectivity index is 0.00000128. The predicted octanol–water partition coefficient (Wildman–Crippen LogP) is 3.84. The molecule has 1 saturated heterocycles. The summed E-state index contributed by atoms with van der Waals surface area (Å²) in [5.74, 6) is 0. The Labute approximate surface area is 109 Å². The van der Waals surface area contributed by atoms with Crippen LogP contribution in [0.25, 0.3) is 0 Å². The second kappa shape index (κ2) is 7.16. The second-order valence-electron chi connectivity index (χ2n) is 4.31. The van der Waals surface area contributed by atoms with E-state index < -0.39 is 0 Å². The Morgan fingerprint density at radius 2 is 1.94 bits per heavy atom. The fourth-order valence-electron chi connectivity index (χ4n) is 2.16. The Morgan fingerprint density at radius 1 is 1.19 bits per heavy atom. The molecule has 1 heterocycles. The van der Waals surface area contributed by atoms with Gasteiger partial charge in [-0.3, -0.25) is 0 Å². The van der Waals surface area contributed by atoms with Crippen molar-refractivity contribution in [3.05, 3.63) is 34.9 Å². The summed E-state index contributed by atoms with van der Waals surface area (Å²) in [6.07, 6.45) is 6.49. The van der Waals surface area contributed by atoms with Gasteiger partial charge in [-0.1, -0.05) is 30.2 Å². The van der Waals surface area contributed by atoms with Gasteiger partial charge in [-0.2, -0.15) is 0 Å². The summed E-state index contributed by atoms with van der Waals surface area (Å²) in [7, 11) is 0. The van der Waals surface area contributed by atoms with Gasteiger partial charge in [-0.15, -0.1) is 12.4 Å². The van der Waals surface area contributed by atoms with Gasteiger partial charge in [0.15, 0.2) is 0 Å². The van der Waals surface area contributed by atoms with E-state index in [1.165, 1.54) is 37.8 Å². The number of aryl methyl sites for hydroxylation is 1. The Kier molecular flexibility index (Phi) is 6.18. The maximum absolute atomic E-state index is 5.85. The molecular formula is C13H19Cl2N. The molecule has 0 amide bonds. The highest BCUT2D eigenvalue weighted by Crippen LogP contribution is 2.15. The van der Waals surface area contributed by atoms with Gasteiger partial charge in [-0.05, 0) is 49.9 Å². The van der Waals surface area contributed by atoms with E-state index in [-0.39, 0.29) is 12.4 Å². The van der Waals surface area contributed by atoms with Crippen LogP contribution in [0.2, 0.25) is 5.02 Å². The molecule has 1 N–H and O–H groups in total. The van der Waals surface area contributed by atoms with Crippen LogP contribution in [0.4, 0.5) is 0 Å². The molecule has 0 aliphatic carbocycles. The molecule has 0 aromatic heterocycles. The minimum atomic E-state index is 0. The molecule has 3 heteroatoms. The summed E-state index contributed by atoms with van der Waals surface area (Å²) in [6, 6.07) is 8.95. The van der Waals surface area contributed by atoms with Gasteiger partial charge in [0, 0.05) is 11.1 Å². The molecule has 0 bridgehead atoms. The SMILES string of the molecule is Cl.Clc1ccc(CCC2CCCCN2)cc1. The van der Waals surface area contributed by atoms with E-state index in [2.05, 4.69) is 17.4 Å². The molecule has 2 rings (SSSR count). The predicted molar refractivity (Wildman–Crippen MR) is 72.7 cm³/mol. The van der Waals surface area contributed by atoms with Gasteiger partial charge in [-0.25, -0.2) is 0 Å². The highest BCUT2D eigenvalue weighted by atomic mass is 35.5. The van der Waals surface area contributed by atoms with Gasteiger partial charge in [0.1, 0.15) is 0 Å². The third kappa shape index (κ3) is 4.32. The molecule has 90 valence electrons. The van der Waals surface area contributed by atoms with Crippen molar-refractivity contribution in [3.8, 4) is 0 Å². The summed E-state index contributed by atoms with van der Waals surface area (Å²) in [4.78, 5) is 0. The van der Waals surface area contributed by atoms with Crippen LogP contribution in [0.5, 0.6) is 0 Å². The molecule has 0 saturated carbocycles. The largest absolute Gasteiger partial charge is 0.314 e. The summed E-state index contributed by atoms with van der Waals surface area (Å²) in [6.45, 7) is 1.20. The van der Waals surface area contributed by atoms with Crippen LogP contribution in [-0.2, 0) is 6.42 Å². The van der Waals surface area contributed by atoms with Crippen molar-refractivity contribution in [2.75, 3.05) is 6.54 Å². The van der Waals surface area contributed by atoms with Crippen LogP contribution in [-0.4, -0.2) is 12.6 Å². The minimum Gasteiger partial charge on any atom is -0.314 e. The van der Waals surface area contributed by atoms with E-state index >= 15 is 0 Å². The zero-order valence-electron chi connectivity index (χ0n) is 9.42. The van der Waals surface area contributed by atoms with E-state index in [9.17, 15) is 0 Å². The molecule has 1 aromatic rings. The van der Waals surface area contributed by atoms with Crippen LogP contribution in [0.3, 0.4) is 0 Å². The topological polar surface area (TPSA) is 12.0 Å². The van der Waals surface area contributed by atoms with E-state index in [0.29, 0.717) is 0 Å². The molecule has 0 radical (unpaired) electrons. The third-order valence-corrected chi connectivity index (χ3v) is 3.36. The zero-order valence-corrected chi connectivity index (χ0v) is 11.0. The molecule has 1 nitrogen and oxygen atoms in total. The average Bonchev–Trinajstić information content (AvgIpc) is 2.30. The van der Waals surface area contributed by atoms with E-state index in [4.69, 9.17) is 11.6 Å². The molecule has 1 atom stereocenters. The fraction of sp³-hybridized carbons (Fsp3) is 0.538. The first-order chi connectivity index (χ1) is 7.34. The van der Waals surface area contributed by atoms with Gasteiger partial charge < -0.3 is 5.32 Å². The highest BCUT2D eigenvalue weighted by Gasteiger charge is 2.11. The van der Waals surface area contributed by atoms with Gasteiger partial charge in [0.2, 0.25) is 0 Å². The molecule has 1 aliphatic rings. The molecule has 1 aromatic carbocycles. The monoisotopic (exact) mass is 259 g/mol.